The molecule has 0 atom stereocenters. The van der Waals surface area contributed by atoms with Crippen LogP contribution in [-0.2, 0) is 4.74 Å². The summed E-state index contributed by atoms with van der Waals surface area (Å²) in [5.74, 6) is 1.44. The van der Waals surface area contributed by atoms with Gasteiger partial charge in [-0.25, -0.2) is 14.5 Å². The highest BCUT2D eigenvalue weighted by Crippen LogP contribution is 2.31. The number of hydrogen-bond donors (Lipinski definition) is 1. The van der Waals surface area contributed by atoms with E-state index in [1.807, 2.05) is 26.0 Å². The van der Waals surface area contributed by atoms with Crippen LogP contribution in [-0.4, -0.2) is 59.2 Å². The smallest absolute Gasteiger partial charge is 0.330 e. The van der Waals surface area contributed by atoms with Crippen molar-refractivity contribution < 1.29 is 19.1 Å². The zero-order chi connectivity index (χ0) is 21.1. The molecule has 4 amide bonds. The van der Waals surface area contributed by atoms with Crippen LogP contribution in [0.15, 0.2) is 36.7 Å². The fourth-order valence-corrected chi connectivity index (χ4v) is 3.98. The Morgan fingerprint density at radius 1 is 1.13 bits per heavy atom. The van der Waals surface area contributed by atoms with Crippen LogP contribution in [0.4, 0.5) is 15.3 Å². The van der Waals surface area contributed by atoms with E-state index in [1.54, 1.807) is 29.4 Å². The number of carbonyl (C=O) groups is 2. The summed E-state index contributed by atoms with van der Waals surface area (Å²) >= 11 is 0. The maximum Gasteiger partial charge on any atom is 0.330 e. The first-order valence-corrected chi connectivity index (χ1v) is 10.2. The largest absolute Gasteiger partial charge is 0.457 e. The van der Waals surface area contributed by atoms with Crippen molar-refractivity contribution in [2.45, 2.75) is 32.7 Å². The molecule has 30 heavy (non-hydrogen) atoms. The van der Waals surface area contributed by atoms with E-state index in [1.165, 1.54) is 4.90 Å². The van der Waals surface area contributed by atoms with Crippen LogP contribution in [0.2, 0.25) is 0 Å². The van der Waals surface area contributed by atoms with Crippen LogP contribution in [0.5, 0.6) is 11.5 Å². The second-order valence-electron chi connectivity index (χ2n) is 7.63. The van der Waals surface area contributed by atoms with Crippen molar-refractivity contribution in [3.05, 3.63) is 47.8 Å². The Morgan fingerprint density at radius 2 is 1.80 bits per heavy atom. The Kier molecular flexibility index (Phi) is 5.85. The molecule has 2 aliphatic heterocycles. The molecule has 0 spiro atoms. The van der Waals surface area contributed by atoms with Crippen molar-refractivity contribution in [2.75, 3.05) is 31.6 Å². The lowest BCUT2D eigenvalue weighted by molar-refractivity contribution is 0.0510. The molecular weight excluding hydrogens is 384 g/mol. The van der Waals surface area contributed by atoms with Crippen molar-refractivity contribution in [2.24, 2.45) is 0 Å². The maximum atomic E-state index is 12.8. The van der Waals surface area contributed by atoms with Gasteiger partial charge in [0.2, 0.25) is 0 Å². The highest BCUT2D eigenvalue weighted by molar-refractivity contribution is 6.01. The van der Waals surface area contributed by atoms with E-state index >= 15 is 0 Å². The van der Waals surface area contributed by atoms with E-state index in [9.17, 15) is 9.59 Å². The molecule has 158 valence electrons. The number of pyridine rings is 1. The topological polar surface area (TPSA) is 84.0 Å². The lowest BCUT2D eigenvalue weighted by atomic mass is 10.1. The molecule has 1 N–H and O–H groups in total. The fourth-order valence-electron chi connectivity index (χ4n) is 3.98. The Hall–Kier alpha value is -3.13. The van der Waals surface area contributed by atoms with Gasteiger partial charge in [-0.15, -0.1) is 0 Å². The number of amides is 4. The molecule has 0 radical (unpaired) electrons. The summed E-state index contributed by atoms with van der Waals surface area (Å²) in [4.78, 5) is 32.6. The van der Waals surface area contributed by atoms with Gasteiger partial charge in [0.15, 0.2) is 0 Å². The maximum absolute atomic E-state index is 12.8. The van der Waals surface area contributed by atoms with Crippen molar-refractivity contribution in [3.63, 3.8) is 0 Å². The Morgan fingerprint density at radius 3 is 2.47 bits per heavy atom. The summed E-state index contributed by atoms with van der Waals surface area (Å²) in [7, 11) is 0. The van der Waals surface area contributed by atoms with Gasteiger partial charge in [0, 0.05) is 50.4 Å². The van der Waals surface area contributed by atoms with E-state index in [-0.39, 0.29) is 12.1 Å². The van der Waals surface area contributed by atoms with Gasteiger partial charge in [0.1, 0.15) is 11.5 Å². The average Bonchev–Trinajstić information content (AvgIpc) is 3.13. The minimum Gasteiger partial charge on any atom is -0.457 e. The van der Waals surface area contributed by atoms with Crippen LogP contribution >= 0.6 is 0 Å². The summed E-state index contributed by atoms with van der Waals surface area (Å²) < 4.78 is 11.3. The average molecular weight is 410 g/mol. The van der Waals surface area contributed by atoms with E-state index in [0.29, 0.717) is 37.7 Å². The molecule has 3 heterocycles. The zero-order valence-corrected chi connectivity index (χ0v) is 17.3. The number of anilines is 1. The zero-order valence-electron chi connectivity index (χ0n) is 17.3. The van der Waals surface area contributed by atoms with Crippen molar-refractivity contribution in [1.29, 1.82) is 0 Å². The number of urea groups is 2. The van der Waals surface area contributed by atoms with Crippen molar-refractivity contribution >= 4 is 17.7 Å². The molecular formula is C22H26N4O4. The highest BCUT2D eigenvalue weighted by Gasteiger charge is 2.37. The molecule has 0 saturated carbocycles. The number of hydrogen-bond acceptors (Lipinski definition) is 5. The third kappa shape index (κ3) is 4.23. The van der Waals surface area contributed by atoms with Crippen LogP contribution in [0, 0.1) is 13.8 Å². The number of aromatic nitrogens is 1. The lowest BCUT2D eigenvalue weighted by Crippen LogP contribution is -2.44. The van der Waals surface area contributed by atoms with E-state index in [0.717, 1.165) is 29.7 Å². The summed E-state index contributed by atoms with van der Waals surface area (Å²) in [6, 6.07) is 6.78. The van der Waals surface area contributed by atoms with Gasteiger partial charge >= 0.3 is 12.1 Å². The highest BCUT2D eigenvalue weighted by atomic mass is 16.5. The number of imide groups is 1. The van der Waals surface area contributed by atoms with Crippen LogP contribution < -0.4 is 10.1 Å². The second-order valence-corrected chi connectivity index (χ2v) is 7.63. The first-order valence-electron chi connectivity index (χ1n) is 10.2. The number of ether oxygens (including phenoxy) is 2. The van der Waals surface area contributed by atoms with E-state index in [4.69, 9.17) is 9.47 Å². The number of benzene rings is 1. The number of carbonyl (C=O) groups excluding carboxylic acids is 2. The SMILES string of the molecule is Cc1cc(NC(=O)N2CCN(C3CCOCC3)C2=O)cc(C)c1Oc1ccncc1. The molecule has 1 aromatic carbocycles. The third-order valence-corrected chi connectivity index (χ3v) is 5.50. The van der Waals surface area contributed by atoms with Crippen molar-refractivity contribution in [1.82, 2.24) is 14.8 Å². The summed E-state index contributed by atoms with van der Waals surface area (Å²) in [6.45, 7) is 6.12. The third-order valence-electron chi connectivity index (χ3n) is 5.50. The molecule has 8 nitrogen and oxygen atoms in total. The fraction of sp³-hybridized carbons (Fsp3) is 0.409. The van der Waals surface area contributed by atoms with E-state index < -0.39 is 6.03 Å². The number of nitrogens with one attached hydrogen (secondary N) is 1. The van der Waals surface area contributed by atoms with Gasteiger partial charge in [-0.2, -0.15) is 0 Å². The lowest BCUT2D eigenvalue weighted by Gasteiger charge is -2.30. The summed E-state index contributed by atoms with van der Waals surface area (Å²) in [5, 5.41) is 2.86. The predicted octanol–water partition coefficient (Wildman–Crippen LogP) is 3.94. The second kappa shape index (κ2) is 8.71. The molecule has 0 aliphatic carbocycles. The molecule has 0 bridgehead atoms. The molecule has 1 aromatic heterocycles. The summed E-state index contributed by atoms with van der Waals surface area (Å²) in [6.07, 6.45) is 4.98. The first kappa shape index (κ1) is 20.2. The Bertz CT molecular complexity index is 905. The molecule has 0 unspecified atom stereocenters. The van der Waals surface area contributed by atoms with Gasteiger partial charge in [0.25, 0.3) is 0 Å². The van der Waals surface area contributed by atoms with Gasteiger partial charge < -0.3 is 19.7 Å². The predicted molar refractivity (Wildman–Crippen MR) is 112 cm³/mol. The molecule has 2 fully saturated rings. The number of nitrogens with zero attached hydrogens (tertiary/aromatic N) is 3. The minimum absolute atomic E-state index is 0.151. The van der Waals surface area contributed by atoms with Gasteiger partial charge in [-0.1, -0.05) is 0 Å². The monoisotopic (exact) mass is 410 g/mol. The first-order chi connectivity index (χ1) is 14.5. The normalized spacial score (nSPS) is 17.3. The Labute approximate surface area is 175 Å². The van der Waals surface area contributed by atoms with Gasteiger partial charge in [-0.05, 0) is 62.1 Å². The Balaban J connectivity index is 1.42. The molecule has 2 saturated heterocycles. The van der Waals surface area contributed by atoms with Crippen LogP contribution in [0.25, 0.3) is 0 Å². The number of rotatable bonds is 4. The number of aryl methyl sites for hydroxylation is 2. The van der Waals surface area contributed by atoms with Crippen molar-refractivity contribution in [3.8, 4) is 11.5 Å². The van der Waals surface area contributed by atoms with Crippen LogP contribution in [0.3, 0.4) is 0 Å². The molecule has 4 rings (SSSR count). The standard InChI is InChI=1S/C22H26N4O4/c1-15-13-17(14-16(2)20(15)30-19-3-7-23-8-4-19)24-21(27)26-10-9-25(22(26)28)18-5-11-29-12-6-18/h3-4,7-8,13-14,18H,5-6,9-12H2,1-2H3,(H,24,27). The van der Waals surface area contributed by atoms with Crippen LogP contribution in [0.1, 0.15) is 24.0 Å². The van der Waals surface area contributed by atoms with Gasteiger partial charge in [0.05, 0.1) is 0 Å². The summed E-state index contributed by atoms with van der Waals surface area (Å²) in [5.41, 5.74) is 2.41. The van der Waals surface area contributed by atoms with Gasteiger partial charge in [-0.3, -0.25) is 4.98 Å². The quantitative estimate of drug-likeness (QED) is 0.825. The molecule has 2 aromatic rings. The van der Waals surface area contributed by atoms with E-state index in [2.05, 4.69) is 10.3 Å². The molecule has 8 heteroatoms. The molecule has 2 aliphatic rings. The minimum atomic E-state index is -0.406.